The lowest BCUT2D eigenvalue weighted by Crippen LogP contribution is -2.34. The van der Waals surface area contributed by atoms with Crippen LogP contribution in [-0.2, 0) is 4.79 Å². The third-order valence-electron chi connectivity index (χ3n) is 3.05. The molecule has 1 aliphatic heterocycles. The first-order valence-electron chi connectivity index (χ1n) is 5.86. The van der Waals surface area contributed by atoms with Crippen molar-refractivity contribution in [2.75, 3.05) is 19.6 Å². The number of likely N-dealkylation sites (tertiary alicyclic amines) is 1. The van der Waals surface area contributed by atoms with Gasteiger partial charge in [-0.15, -0.1) is 0 Å². The van der Waals surface area contributed by atoms with Crippen LogP contribution in [0.2, 0.25) is 0 Å². The maximum atomic E-state index is 11.4. The predicted molar refractivity (Wildman–Crippen MR) is 56.1 cm³/mol. The number of hydrogen-bond donors (Lipinski definition) is 1. The normalized spacial score (nSPS) is 23.4. The molecule has 0 unspecified atom stereocenters. The summed E-state index contributed by atoms with van der Waals surface area (Å²) in [6.45, 7) is 3.34. The maximum absolute atomic E-state index is 11.4. The summed E-state index contributed by atoms with van der Waals surface area (Å²) in [5.74, 6) is 0.248. The lowest BCUT2D eigenvalue weighted by Gasteiger charge is -2.25. The Labute approximate surface area is 85.8 Å². The molecular weight excluding hydrogens is 176 g/mol. The van der Waals surface area contributed by atoms with Gasteiger partial charge in [-0.2, -0.15) is 0 Å². The average Bonchev–Trinajstić information content (AvgIpc) is 3.00. The zero-order valence-corrected chi connectivity index (χ0v) is 8.80. The van der Waals surface area contributed by atoms with E-state index in [1.807, 2.05) is 0 Å². The number of hydrogen-bond acceptors (Lipinski definition) is 2. The smallest absolute Gasteiger partial charge is 0.221 e. The fourth-order valence-corrected chi connectivity index (χ4v) is 1.97. The Morgan fingerprint density at radius 1 is 1.21 bits per heavy atom. The molecule has 2 rings (SSSR count). The quantitative estimate of drug-likeness (QED) is 0.731. The van der Waals surface area contributed by atoms with E-state index in [9.17, 15) is 4.79 Å². The lowest BCUT2D eigenvalue weighted by atomic mass is 10.1. The van der Waals surface area contributed by atoms with Gasteiger partial charge in [-0.25, -0.2) is 0 Å². The highest BCUT2D eigenvalue weighted by Gasteiger charge is 2.23. The van der Waals surface area contributed by atoms with Crippen LogP contribution in [0.1, 0.15) is 38.5 Å². The highest BCUT2D eigenvalue weighted by atomic mass is 16.1. The van der Waals surface area contributed by atoms with Crippen molar-refractivity contribution in [1.82, 2.24) is 10.2 Å². The van der Waals surface area contributed by atoms with Gasteiger partial charge in [0, 0.05) is 19.0 Å². The van der Waals surface area contributed by atoms with E-state index < -0.39 is 0 Å². The minimum absolute atomic E-state index is 0.248. The van der Waals surface area contributed by atoms with Gasteiger partial charge in [0.25, 0.3) is 0 Å². The van der Waals surface area contributed by atoms with Gasteiger partial charge in [-0.05, 0) is 38.8 Å². The summed E-state index contributed by atoms with van der Waals surface area (Å²) < 4.78 is 0. The maximum Gasteiger partial charge on any atom is 0.221 e. The number of rotatable bonds is 4. The van der Waals surface area contributed by atoms with Crippen LogP contribution in [0, 0.1) is 0 Å². The third kappa shape index (κ3) is 3.29. The van der Waals surface area contributed by atoms with Crippen molar-refractivity contribution < 1.29 is 4.79 Å². The molecular formula is C11H20N2O. The molecule has 0 radical (unpaired) electrons. The highest BCUT2D eigenvalue weighted by Crippen LogP contribution is 2.18. The van der Waals surface area contributed by atoms with Gasteiger partial charge in [0.05, 0.1) is 0 Å². The number of piperidine rings is 1. The van der Waals surface area contributed by atoms with Crippen molar-refractivity contribution in [3.63, 3.8) is 0 Å². The molecule has 1 amide bonds. The SMILES string of the molecule is O=C(CCN1CCCCC1)NC1CC1. The fraction of sp³-hybridized carbons (Fsp3) is 0.909. The van der Waals surface area contributed by atoms with Crippen molar-refractivity contribution in [2.45, 2.75) is 44.6 Å². The van der Waals surface area contributed by atoms with Gasteiger partial charge >= 0.3 is 0 Å². The number of amides is 1. The summed E-state index contributed by atoms with van der Waals surface area (Å²) in [5, 5.41) is 3.03. The van der Waals surface area contributed by atoms with Crippen molar-refractivity contribution in [3.05, 3.63) is 0 Å². The van der Waals surface area contributed by atoms with E-state index >= 15 is 0 Å². The average molecular weight is 196 g/mol. The van der Waals surface area contributed by atoms with Crippen LogP contribution in [0.3, 0.4) is 0 Å². The van der Waals surface area contributed by atoms with E-state index in [0.29, 0.717) is 12.5 Å². The Kier molecular flexibility index (Phi) is 3.40. The van der Waals surface area contributed by atoms with Crippen LogP contribution in [0.5, 0.6) is 0 Å². The molecule has 3 nitrogen and oxygen atoms in total. The number of nitrogens with one attached hydrogen (secondary N) is 1. The number of carbonyl (C=O) groups excluding carboxylic acids is 1. The zero-order valence-electron chi connectivity index (χ0n) is 8.80. The molecule has 1 aliphatic carbocycles. The van der Waals surface area contributed by atoms with Gasteiger partial charge in [-0.3, -0.25) is 4.79 Å². The van der Waals surface area contributed by atoms with Crippen LogP contribution >= 0.6 is 0 Å². The van der Waals surface area contributed by atoms with Crippen LogP contribution in [0.4, 0.5) is 0 Å². The Morgan fingerprint density at radius 2 is 1.93 bits per heavy atom. The van der Waals surface area contributed by atoms with E-state index in [0.717, 1.165) is 6.54 Å². The molecule has 80 valence electrons. The molecule has 2 fully saturated rings. The Morgan fingerprint density at radius 3 is 2.57 bits per heavy atom. The summed E-state index contributed by atoms with van der Waals surface area (Å²) in [7, 11) is 0. The second-order valence-corrected chi connectivity index (χ2v) is 4.49. The van der Waals surface area contributed by atoms with Crippen LogP contribution in [-0.4, -0.2) is 36.5 Å². The highest BCUT2D eigenvalue weighted by molar-refractivity contribution is 5.76. The molecule has 1 N–H and O–H groups in total. The van der Waals surface area contributed by atoms with E-state index in [4.69, 9.17) is 0 Å². The summed E-state index contributed by atoms with van der Waals surface area (Å²) in [5.41, 5.74) is 0. The molecule has 0 aromatic heterocycles. The van der Waals surface area contributed by atoms with Crippen LogP contribution in [0.25, 0.3) is 0 Å². The number of nitrogens with zero attached hydrogens (tertiary/aromatic N) is 1. The predicted octanol–water partition coefficient (Wildman–Crippen LogP) is 1.14. The minimum Gasteiger partial charge on any atom is -0.353 e. The molecule has 0 aromatic rings. The fourth-order valence-electron chi connectivity index (χ4n) is 1.97. The second kappa shape index (κ2) is 4.78. The first kappa shape index (κ1) is 9.97. The van der Waals surface area contributed by atoms with Gasteiger partial charge in [0.2, 0.25) is 5.91 Å². The first-order valence-corrected chi connectivity index (χ1v) is 5.86. The monoisotopic (exact) mass is 196 g/mol. The van der Waals surface area contributed by atoms with Crippen molar-refractivity contribution in [1.29, 1.82) is 0 Å². The molecule has 3 heteroatoms. The molecule has 2 aliphatic rings. The summed E-state index contributed by atoms with van der Waals surface area (Å²) in [6, 6.07) is 0.517. The topological polar surface area (TPSA) is 32.3 Å². The molecule has 1 heterocycles. The zero-order chi connectivity index (χ0) is 9.80. The Hall–Kier alpha value is -0.570. The van der Waals surface area contributed by atoms with E-state index in [1.165, 1.54) is 45.2 Å². The second-order valence-electron chi connectivity index (χ2n) is 4.49. The van der Waals surface area contributed by atoms with E-state index in [-0.39, 0.29) is 5.91 Å². The summed E-state index contributed by atoms with van der Waals surface area (Å²) >= 11 is 0. The molecule has 14 heavy (non-hydrogen) atoms. The standard InChI is InChI=1S/C11H20N2O/c14-11(12-10-4-5-10)6-9-13-7-2-1-3-8-13/h10H,1-9H2,(H,12,14). The van der Waals surface area contributed by atoms with Crippen molar-refractivity contribution >= 4 is 5.91 Å². The van der Waals surface area contributed by atoms with Gasteiger partial charge in [-0.1, -0.05) is 6.42 Å². The molecule has 0 atom stereocenters. The summed E-state index contributed by atoms with van der Waals surface area (Å²) in [4.78, 5) is 13.8. The van der Waals surface area contributed by atoms with Crippen molar-refractivity contribution in [2.24, 2.45) is 0 Å². The van der Waals surface area contributed by atoms with Gasteiger partial charge in [0.15, 0.2) is 0 Å². The molecule has 1 saturated heterocycles. The van der Waals surface area contributed by atoms with Crippen LogP contribution in [0.15, 0.2) is 0 Å². The molecule has 0 aromatic carbocycles. The lowest BCUT2D eigenvalue weighted by molar-refractivity contribution is -0.121. The first-order chi connectivity index (χ1) is 6.84. The van der Waals surface area contributed by atoms with E-state index in [1.54, 1.807) is 0 Å². The molecule has 0 spiro atoms. The summed E-state index contributed by atoms with van der Waals surface area (Å²) in [6.07, 6.45) is 7.06. The minimum atomic E-state index is 0.248. The molecule has 0 bridgehead atoms. The van der Waals surface area contributed by atoms with Gasteiger partial charge < -0.3 is 10.2 Å². The van der Waals surface area contributed by atoms with Gasteiger partial charge in [0.1, 0.15) is 0 Å². The third-order valence-corrected chi connectivity index (χ3v) is 3.05. The molecule has 1 saturated carbocycles. The van der Waals surface area contributed by atoms with Crippen LogP contribution < -0.4 is 5.32 Å². The van der Waals surface area contributed by atoms with Crippen molar-refractivity contribution in [3.8, 4) is 0 Å². The Balaban J connectivity index is 1.57. The Bertz CT molecular complexity index is 195. The van der Waals surface area contributed by atoms with E-state index in [2.05, 4.69) is 10.2 Å². The largest absolute Gasteiger partial charge is 0.353 e. The number of carbonyl (C=O) groups is 1.